The third-order valence-corrected chi connectivity index (χ3v) is 4.09. The molecule has 0 aliphatic rings. The van der Waals surface area contributed by atoms with E-state index >= 15 is 0 Å². The zero-order valence-electron chi connectivity index (χ0n) is 10.2. The Hall–Kier alpha value is 0.01000. The van der Waals surface area contributed by atoms with Crippen molar-refractivity contribution in [2.45, 2.75) is 25.3 Å². The van der Waals surface area contributed by atoms with Gasteiger partial charge in [-0.1, -0.05) is 6.92 Å². The lowest BCUT2D eigenvalue weighted by atomic mass is 10.4. The first-order valence-electron chi connectivity index (χ1n) is 5.65. The lowest BCUT2D eigenvalue weighted by Crippen LogP contribution is -2.30. The van der Waals surface area contributed by atoms with Crippen molar-refractivity contribution in [1.29, 1.82) is 0 Å². The summed E-state index contributed by atoms with van der Waals surface area (Å²) in [4.78, 5) is 0. The molecule has 0 aromatic carbocycles. The molecule has 0 aliphatic heterocycles. The number of hydrogen-bond donors (Lipinski definition) is 2. The maximum absolute atomic E-state index is 11.8. The molecule has 0 bridgehead atoms. The average molecular weight is 308 g/mol. The van der Waals surface area contributed by atoms with Crippen LogP contribution in [-0.4, -0.2) is 45.1 Å². The minimum Gasteiger partial charge on any atom is -0.317 e. The Morgan fingerprint density at radius 1 is 1.17 bits per heavy atom. The summed E-state index contributed by atoms with van der Waals surface area (Å²) in [6, 6.07) is 0. The van der Waals surface area contributed by atoms with Crippen molar-refractivity contribution in [2.24, 2.45) is 0 Å². The van der Waals surface area contributed by atoms with Crippen molar-refractivity contribution < 1.29 is 21.6 Å². The molecule has 0 fully saturated rings. The first-order chi connectivity index (χ1) is 8.27. The van der Waals surface area contributed by atoms with Gasteiger partial charge in [0.2, 0.25) is 10.0 Å². The van der Waals surface area contributed by atoms with Gasteiger partial charge >= 0.3 is 5.51 Å². The SMILES string of the molecule is CCCNCCCS(=O)(=O)NCCSC(F)(F)F. The molecule has 0 aromatic heterocycles. The van der Waals surface area contributed by atoms with E-state index in [-0.39, 0.29) is 29.8 Å². The first-order valence-corrected chi connectivity index (χ1v) is 8.29. The maximum Gasteiger partial charge on any atom is 0.441 e. The van der Waals surface area contributed by atoms with E-state index in [1.54, 1.807) is 0 Å². The zero-order valence-corrected chi connectivity index (χ0v) is 11.8. The van der Waals surface area contributed by atoms with Crippen molar-refractivity contribution in [3.63, 3.8) is 0 Å². The molecule has 0 atom stereocenters. The van der Waals surface area contributed by atoms with E-state index in [4.69, 9.17) is 0 Å². The van der Waals surface area contributed by atoms with E-state index in [9.17, 15) is 21.6 Å². The minimum absolute atomic E-state index is 0.0690. The summed E-state index contributed by atoms with van der Waals surface area (Å²) < 4.78 is 60.2. The monoisotopic (exact) mass is 308 g/mol. The smallest absolute Gasteiger partial charge is 0.317 e. The molecule has 0 radical (unpaired) electrons. The topological polar surface area (TPSA) is 58.2 Å². The highest BCUT2D eigenvalue weighted by Gasteiger charge is 2.27. The minimum atomic E-state index is -4.31. The van der Waals surface area contributed by atoms with Gasteiger partial charge in [0.05, 0.1) is 5.75 Å². The normalized spacial score (nSPS) is 12.9. The Balaban J connectivity index is 3.62. The second-order valence-corrected chi connectivity index (χ2v) is 6.70. The van der Waals surface area contributed by atoms with Crippen LogP contribution in [0.25, 0.3) is 0 Å². The van der Waals surface area contributed by atoms with Gasteiger partial charge in [0.25, 0.3) is 0 Å². The Bertz CT molecular complexity index is 307. The molecule has 4 nitrogen and oxygen atoms in total. The molecule has 18 heavy (non-hydrogen) atoms. The molecule has 2 N–H and O–H groups in total. The number of thioether (sulfide) groups is 1. The molecule has 0 unspecified atom stereocenters. The summed E-state index contributed by atoms with van der Waals surface area (Å²) in [5.41, 5.74) is -4.31. The van der Waals surface area contributed by atoms with Gasteiger partial charge in [-0.05, 0) is 37.7 Å². The lowest BCUT2D eigenvalue weighted by Gasteiger charge is -2.08. The number of halogens is 3. The van der Waals surface area contributed by atoms with Crippen molar-refractivity contribution in [2.75, 3.05) is 31.1 Å². The van der Waals surface area contributed by atoms with Gasteiger partial charge in [-0.25, -0.2) is 13.1 Å². The Kier molecular flexibility index (Phi) is 9.01. The second-order valence-electron chi connectivity index (χ2n) is 3.61. The second kappa shape index (κ2) is 9.00. The fraction of sp³-hybridized carbons (Fsp3) is 1.00. The molecule has 0 aromatic rings. The van der Waals surface area contributed by atoms with Gasteiger partial charge in [-0.3, -0.25) is 0 Å². The first kappa shape index (κ1) is 18.0. The number of nitrogens with one attached hydrogen (secondary N) is 2. The van der Waals surface area contributed by atoms with Crippen LogP contribution < -0.4 is 10.0 Å². The summed E-state index contributed by atoms with van der Waals surface area (Å²) in [6.45, 7) is 3.22. The molecule has 0 aliphatic carbocycles. The predicted octanol–water partition coefficient (Wildman–Crippen LogP) is 1.55. The third kappa shape index (κ3) is 12.5. The predicted molar refractivity (Wildman–Crippen MR) is 68.1 cm³/mol. The van der Waals surface area contributed by atoms with E-state index in [0.29, 0.717) is 13.0 Å². The van der Waals surface area contributed by atoms with Crippen LogP contribution >= 0.6 is 11.8 Å². The van der Waals surface area contributed by atoms with Crippen molar-refractivity contribution in [3.05, 3.63) is 0 Å². The quantitative estimate of drug-likeness (QED) is 0.601. The van der Waals surface area contributed by atoms with E-state index in [2.05, 4.69) is 10.0 Å². The van der Waals surface area contributed by atoms with Crippen LogP contribution in [0.5, 0.6) is 0 Å². The Labute approximate surface area is 110 Å². The summed E-state index contributed by atoms with van der Waals surface area (Å²) in [5.74, 6) is -0.378. The van der Waals surface area contributed by atoms with Crippen LogP contribution in [-0.2, 0) is 10.0 Å². The fourth-order valence-corrected chi connectivity index (χ4v) is 2.77. The number of rotatable bonds is 10. The van der Waals surface area contributed by atoms with Crippen LogP contribution in [0.15, 0.2) is 0 Å². The summed E-state index contributed by atoms with van der Waals surface area (Å²) in [7, 11) is -3.46. The summed E-state index contributed by atoms with van der Waals surface area (Å²) in [5, 5.41) is 3.05. The largest absolute Gasteiger partial charge is 0.441 e. The van der Waals surface area contributed by atoms with Gasteiger partial charge in [0, 0.05) is 12.3 Å². The molecule has 0 rings (SSSR count). The molecule has 9 heteroatoms. The summed E-state index contributed by atoms with van der Waals surface area (Å²) >= 11 is -0.230. The van der Waals surface area contributed by atoms with Gasteiger partial charge in [-0.15, -0.1) is 0 Å². The van der Waals surface area contributed by atoms with Gasteiger partial charge in [0.1, 0.15) is 0 Å². The van der Waals surface area contributed by atoms with Crippen LogP contribution in [0, 0.1) is 0 Å². The number of hydrogen-bond acceptors (Lipinski definition) is 4. The molecule has 0 saturated carbocycles. The van der Waals surface area contributed by atoms with Crippen LogP contribution in [0.2, 0.25) is 0 Å². The summed E-state index contributed by atoms with van der Waals surface area (Å²) in [6.07, 6.45) is 1.42. The lowest BCUT2D eigenvalue weighted by molar-refractivity contribution is -0.0327. The molecule has 0 saturated heterocycles. The van der Waals surface area contributed by atoms with Crippen molar-refractivity contribution in [1.82, 2.24) is 10.0 Å². The van der Waals surface area contributed by atoms with E-state index in [1.165, 1.54) is 0 Å². The molecule has 0 spiro atoms. The van der Waals surface area contributed by atoms with Crippen LogP contribution in [0.1, 0.15) is 19.8 Å². The highest BCUT2D eigenvalue weighted by atomic mass is 32.2. The molecular weight excluding hydrogens is 289 g/mol. The maximum atomic E-state index is 11.8. The number of alkyl halides is 3. The van der Waals surface area contributed by atoms with E-state index in [0.717, 1.165) is 13.0 Å². The molecule has 0 amide bonds. The third-order valence-electron chi connectivity index (χ3n) is 1.88. The standard InChI is InChI=1S/C9H19F3N2O2S2/c1-2-4-13-5-3-8-18(15,16)14-6-7-17-9(10,11)12/h13-14H,2-8H2,1H3. The van der Waals surface area contributed by atoms with Crippen LogP contribution in [0.4, 0.5) is 13.2 Å². The fourth-order valence-electron chi connectivity index (χ4n) is 1.13. The molecular formula is C9H19F3N2O2S2. The zero-order chi connectivity index (χ0) is 14.1. The van der Waals surface area contributed by atoms with Gasteiger partial charge in [-0.2, -0.15) is 13.2 Å². The highest BCUT2D eigenvalue weighted by molar-refractivity contribution is 8.00. The van der Waals surface area contributed by atoms with E-state index < -0.39 is 15.5 Å². The molecule has 110 valence electrons. The van der Waals surface area contributed by atoms with E-state index in [1.807, 2.05) is 6.92 Å². The van der Waals surface area contributed by atoms with Gasteiger partial charge in [0.15, 0.2) is 0 Å². The Morgan fingerprint density at radius 2 is 1.83 bits per heavy atom. The highest BCUT2D eigenvalue weighted by Crippen LogP contribution is 2.29. The molecule has 0 heterocycles. The van der Waals surface area contributed by atoms with Crippen molar-refractivity contribution >= 4 is 21.8 Å². The van der Waals surface area contributed by atoms with Crippen LogP contribution in [0.3, 0.4) is 0 Å². The number of sulfonamides is 1. The van der Waals surface area contributed by atoms with Crippen molar-refractivity contribution in [3.8, 4) is 0 Å². The Morgan fingerprint density at radius 3 is 2.39 bits per heavy atom. The van der Waals surface area contributed by atoms with Gasteiger partial charge < -0.3 is 5.32 Å². The average Bonchev–Trinajstić information content (AvgIpc) is 2.23.